The molecule has 9 heteroatoms. The maximum absolute atomic E-state index is 11.9. The molecule has 0 saturated carbocycles. The summed E-state index contributed by atoms with van der Waals surface area (Å²) in [5, 5.41) is 5.08. The molecule has 3 N–H and O–H groups in total. The number of rotatable bonds is 7. The minimum atomic E-state index is -3.90. The molecule has 1 rings (SSSR count). The van der Waals surface area contributed by atoms with Gasteiger partial charge in [0.1, 0.15) is 0 Å². The Bertz CT molecular complexity index is 711. The van der Waals surface area contributed by atoms with E-state index < -0.39 is 20.0 Å². The highest BCUT2D eigenvalue weighted by atomic mass is 32.2. The number of aryl methyl sites for hydroxylation is 1. The third-order valence-electron chi connectivity index (χ3n) is 2.94. The quantitative estimate of drug-likeness (QED) is 0.712. The third-order valence-corrected chi connectivity index (χ3v) is 5.06. The lowest BCUT2D eigenvalue weighted by Gasteiger charge is -2.14. The molecule has 0 atom stereocenters. The number of nitrogens with one attached hydrogen (secondary N) is 1. The zero-order chi connectivity index (χ0) is 16.3. The predicted octanol–water partition coefficient (Wildman–Crippen LogP) is 0.729. The van der Waals surface area contributed by atoms with Gasteiger partial charge in [-0.15, -0.1) is 0 Å². The van der Waals surface area contributed by atoms with Gasteiger partial charge in [0.25, 0.3) is 0 Å². The molecule has 0 bridgehead atoms. The van der Waals surface area contributed by atoms with Crippen LogP contribution >= 0.6 is 0 Å². The molecule has 0 radical (unpaired) electrons. The summed E-state index contributed by atoms with van der Waals surface area (Å²) < 4.78 is 54.0. The van der Waals surface area contributed by atoms with Gasteiger partial charge >= 0.3 is 0 Å². The van der Waals surface area contributed by atoms with E-state index in [0.29, 0.717) is 17.7 Å². The van der Waals surface area contributed by atoms with Gasteiger partial charge in [0.05, 0.1) is 22.9 Å². The van der Waals surface area contributed by atoms with Crippen molar-refractivity contribution in [3.05, 3.63) is 23.3 Å². The van der Waals surface area contributed by atoms with Crippen LogP contribution in [0.3, 0.4) is 0 Å². The Morgan fingerprint density at radius 1 is 1.19 bits per heavy atom. The van der Waals surface area contributed by atoms with Gasteiger partial charge in [-0.1, -0.05) is 0 Å². The number of ether oxygens (including phenoxy) is 1. The molecule has 0 aliphatic carbocycles. The maximum atomic E-state index is 11.9. The fraction of sp³-hybridized carbons (Fsp3) is 0.500. The summed E-state index contributed by atoms with van der Waals surface area (Å²) in [7, 11) is -7.52. The lowest BCUT2D eigenvalue weighted by molar-refractivity contribution is 0.163. The fourth-order valence-corrected chi connectivity index (χ4v) is 3.24. The second kappa shape index (κ2) is 6.73. The third kappa shape index (κ3) is 5.27. The molecular formula is C12H20N2O5S2. The Hall–Kier alpha value is -1.16. The Balaban J connectivity index is 3.11. The second-order valence-corrected chi connectivity index (χ2v) is 7.98. The van der Waals surface area contributed by atoms with Gasteiger partial charge in [0.15, 0.2) is 0 Å². The highest BCUT2D eigenvalue weighted by Crippen LogP contribution is 2.24. The van der Waals surface area contributed by atoms with E-state index in [9.17, 15) is 16.8 Å². The number of benzene rings is 1. The molecule has 1 aromatic rings. The van der Waals surface area contributed by atoms with Crippen molar-refractivity contribution in [3.63, 3.8) is 0 Å². The summed E-state index contributed by atoms with van der Waals surface area (Å²) in [5.74, 6) is -0.209. The Morgan fingerprint density at radius 3 is 2.33 bits per heavy atom. The molecule has 0 aromatic heterocycles. The van der Waals surface area contributed by atoms with Crippen molar-refractivity contribution in [3.8, 4) is 0 Å². The van der Waals surface area contributed by atoms with E-state index in [1.165, 1.54) is 12.1 Å². The summed E-state index contributed by atoms with van der Waals surface area (Å²) in [6.45, 7) is 5.64. The zero-order valence-corrected chi connectivity index (χ0v) is 13.8. The first-order chi connectivity index (χ1) is 9.57. The standard InChI is InChI=1S/C12H20N2O5S2/c1-4-19-5-6-20(15,16)14-12-8-11(21(13,17)18)7-9(2)10(12)3/h7-8,14H,4-6H2,1-3H3,(H2,13,17,18). The minimum Gasteiger partial charge on any atom is -0.381 e. The second-order valence-electron chi connectivity index (χ2n) is 4.58. The van der Waals surface area contributed by atoms with Crippen LogP contribution in [0.25, 0.3) is 0 Å². The molecule has 7 nitrogen and oxygen atoms in total. The first kappa shape index (κ1) is 17.9. The maximum Gasteiger partial charge on any atom is 0.238 e. The average molecular weight is 336 g/mol. The van der Waals surface area contributed by atoms with Crippen molar-refractivity contribution in [2.75, 3.05) is 23.7 Å². The zero-order valence-electron chi connectivity index (χ0n) is 12.2. The van der Waals surface area contributed by atoms with Gasteiger partial charge in [-0.3, -0.25) is 4.72 Å². The van der Waals surface area contributed by atoms with Crippen LogP contribution in [0.15, 0.2) is 17.0 Å². The highest BCUT2D eigenvalue weighted by Gasteiger charge is 2.16. The van der Waals surface area contributed by atoms with Crippen LogP contribution < -0.4 is 9.86 Å². The highest BCUT2D eigenvalue weighted by molar-refractivity contribution is 7.92. The van der Waals surface area contributed by atoms with Gasteiger partial charge in [0.2, 0.25) is 20.0 Å². The van der Waals surface area contributed by atoms with Crippen LogP contribution in [-0.2, 0) is 24.8 Å². The average Bonchev–Trinajstić information content (AvgIpc) is 2.33. The number of primary sulfonamides is 1. The van der Waals surface area contributed by atoms with Gasteiger partial charge in [-0.05, 0) is 44.0 Å². The largest absolute Gasteiger partial charge is 0.381 e. The first-order valence-electron chi connectivity index (χ1n) is 6.29. The predicted molar refractivity (Wildman–Crippen MR) is 81.2 cm³/mol. The van der Waals surface area contributed by atoms with Crippen molar-refractivity contribution < 1.29 is 21.6 Å². The molecule has 0 heterocycles. The molecule has 0 amide bonds. The molecular weight excluding hydrogens is 316 g/mol. The summed E-state index contributed by atoms with van der Waals surface area (Å²) in [5.41, 5.74) is 1.47. The van der Waals surface area contributed by atoms with Gasteiger partial charge in [-0.25, -0.2) is 22.0 Å². The van der Waals surface area contributed by atoms with Crippen LogP contribution in [0.4, 0.5) is 5.69 Å². The van der Waals surface area contributed by atoms with E-state index in [1.54, 1.807) is 20.8 Å². The Labute approximate surface area is 125 Å². The van der Waals surface area contributed by atoms with E-state index in [4.69, 9.17) is 9.88 Å². The molecule has 120 valence electrons. The summed E-state index contributed by atoms with van der Waals surface area (Å²) in [6.07, 6.45) is 0. The van der Waals surface area contributed by atoms with Crippen molar-refractivity contribution >= 4 is 25.7 Å². The van der Waals surface area contributed by atoms with Crippen LogP contribution in [0.1, 0.15) is 18.1 Å². The monoisotopic (exact) mass is 336 g/mol. The molecule has 0 unspecified atom stereocenters. The van der Waals surface area contributed by atoms with E-state index in [-0.39, 0.29) is 22.9 Å². The van der Waals surface area contributed by atoms with Gasteiger partial charge in [-0.2, -0.15) is 0 Å². The van der Waals surface area contributed by atoms with Crippen LogP contribution in [0.2, 0.25) is 0 Å². The molecule has 0 fully saturated rings. The van der Waals surface area contributed by atoms with E-state index in [1.807, 2.05) is 0 Å². The number of hydrogen-bond acceptors (Lipinski definition) is 5. The molecule has 21 heavy (non-hydrogen) atoms. The normalized spacial score (nSPS) is 12.4. The Morgan fingerprint density at radius 2 is 1.81 bits per heavy atom. The van der Waals surface area contributed by atoms with Gasteiger partial charge < -0.3 is 4.74 Å². The number of sulfonamides is 2. The number of anilines is 1. The topological polar surface area (TPSA) is 116 Å². The van der Waals surface area contributed by atoms with Crippen molar-refractivity contribution in [2.24, 2.45) is 5.14 Å². The minimum absolute atomic E-state index is 0.0682. The molecule has 0 aliphatic heterocycles. The SMILES string of the molecule is CCOCCS(=O)(=O)Nc1cc(S(N)(=O)=O)cc(C)c1C. The van der Waals surface area contributed by atoms with E-state index in [2.05, 4.69) is 4.72 Å². The van der Waals surface area contributed by atoms with Crippen molar-refractivity contribution in [2.45, 2.75) is 25.7 Å². The van der Waals surface area contributed by atoms with E-state index >= 15 is 0 Å². The lowest BCUT2D eigenvalue weighted by Crippen LogP contribution is -2.21. The van der Waals surface area contributed by atoms with Crippen molar-refractivity contribution in [1.29, 1.82) is 0 Å². The number of hydrogen-bond donors (Lipinski definition) is 2. The fourth-order valence-electron chi connectivity index (χ4n) is 1.63. The summed E-state index contributed by atoms with van der Waals surface area (Å²) in [4.78, 5) is -0.131. The van der Waals surface area contributed by atoms with Crippen LogP contribution in [0, 0.1) is 13.8 Å². The number of nitrogens with two attached hydrogens (primary N) is 1. The molecule has 1 aromatic carbocycles. The first-order valence-corrected chi connectivity index (χ1v) is 9.49. The smallest absolute Gasteiger partial charge is 0.238 e. The summed E-state index contributed by atoms with van der Waals surface area (Å²) in [6, 6.07) is 2.62. The molecule has 0 saturated heterocycles. The van der Waals surface area contributed by atoms with Crippen molar-refractivity contribution in [1.82, 2.24) is 0 Å². The van der Waals surface area contributed by atoms with Crippen LogP contribution in [-0.4, -0.2) is 35.8 Å². The molecule has 0 spiro atoms. The van der Waals surface area contributed by atoms with Gasteiger partial charge in [0, 0.05) is 6.61 Å². The lowest BCUT2D eigenvalue weighted by atomic mass is 10.1. The summed E-state index contributed by atoms with van der Waals surface area (Å²) >= 11 is 0. The molecule has 0 aliphatic rings. The van der Waals surface area contributed by atoms with Crippen LogP contribution in [0.5, 0.6) is 0 Å². The Kier molecular flexibility index (Phi) is 5.74. The van der Waals surface area contributed by atoms with E-state index in [0.717, 1.165) is 0 Å².